The van der Waals surface area contributed by atoms with E-state index in [0.29, 0.717) is 23.1 Å². The smallest absolute Gasteiger partial charge is 0.267 e. The molecule has 0 radical (unpaired) electrons. The van der Waals surface area contributed by atoms with E-state index in [4.69, 9.17) is 0 Å². The van der Waals surface area contributed by atoms with Gasteiger partial charge >= 0.3 is 0 Å². The SMILES string of the molecule is CC(C)(C)C(CS)Cn1[nH]c(=O)c2ccccc2c1=O. The van der Waals surface area contributed by atoms with Crippen molar-refractivity contribution >= 4 is 23.4 Å². The lowest BCUT2D eigenvalue weighted by Crippen LogP contribution is -2.36. The molecule has 0 amide bonds. The van der Waals surface area contributed by atoms with Crippen molar-refractivity contribution in [3.8, 4) is 0 Å². The Hall–Kier alpha value is -1.49. The second-order valence-electron chi connectivity index (χ2n) is 6.15. The minimum atomic E-state index is -0.230. The van der Waals surface area contributed by atoms with E-state index in [2.05, 4.69) is 38.5 Å². The molecule has 108 valence electrons. The van der Waals surface area contributed by atoms with E-state index >= 15 is 0 Å². The molecule has 0 aliphatic heterocycles. The average Bonchev–Trinajstić information content (AvgIpc) is 2.40. The monoisotopic (exact) mass is 292 g/mol. The summed E-state index contributed by atoms with van der Waals surface area (Å²) in [7, 11) is 0. The standard InChI is InChI=1S/C15H20N2O2S/c1-15(2,3)10(9-20)8-17-14(19)12-7-5-4-6-11(12)13(18)16-17/h4-7,10,20H,8-9H2,1-3H3,(H,16,18). The summed E-state index contributed by atoms with van der Waals surface area (Å²) in [6, 6.07) is 6.89. The molecule has 0 bridgehead atoms. The van der Waals surface area contributed by atoms with Crippen molar-refractivity contribution in [2.75, 3.05) is 5.75 Å². The number of nitrogens with zero attached hydrogens (tertiary/aromatic N) is 1. The third kappa shape index (κ3) is 2.82. The van der Waals surface area contributed by atoms with Crippen LogP contribution in [0.15, 0.2) is 33.9 Å². The zero-order valence-electron chi connectivity index (χ0n) is 12.0. The first-order valence-electron chi connectivity index (χ1n) is 6.67. The van der Waals surface area contributed by atoms with Crippen LogP contribution in [0.1, 0.15) is 20.8 Å². The third-order valence-corrected chi connectivity index (χ3v) is 4.17. The molecule has 1 N–H and O–H groups in total. The van der Waals surface area contributed by atoms with Gasteiger partial charge in [-0.1, -0.05) is 32.9 Å². The van der Waals surface area contributed by atoms with E-state index in [9.17, 15) is 9.59 Å². The molecule has 1 heterocycles. The molecule has 2 aromatic rings. The van der Waals surface area contributed by atoms with Crippen LogP contribution in [0.2, 0.25) is 0 Å². The molecule has 0 saturated carbocycles. The fraction of sp³-hybridized carbons (Fsp3) is 0.467. The van der Waals surface area contributed by atoms with Gasteiger partial charge < -0.3 is 0 Å². The first-order valence-corrected chi connectivity index (χ1v) is 7.30. The van der Waals surface area contributed by atoms with Gasteiger partial charge in [0.15, 0.2) is 0 Å². The van der Waals surface area contributed by atoms with Gasteiger partial charge in [0.25, 0.3) is 11.1 Å². The molecule has 1 atom stereocenters. The predicted molar refractivity (Wildman–Crippen MR) is 85.6 cm³/mol. The Morgan fingerprint density at radius 3 is 2.35 bits per heavy atom. The first-order chi connectivity index (χ1) is 9.34. The maximum absolute atomic E-state index is 12.4. The zero-order valence-corrected chi connectivity index (χ0v) is 12.9. The lowest BCUT2D eigenvalue weighted by atomic mass is 9.82. The molecule has 1 aromatic carbocycles. The minimum Gasteiger partial charge on any atom is -0.267 e. The average molecular weight is 292 g/mol. The van der Waals surface area contributed by atoms with Crippen LogP contribution in [0.3, 0.4) is 0 Å². The second-order valence-corrected chi connectivity index (χ2v) is 6.51. The number of aromatic nitrogens is 2. The van der Waals surface area contributed by atoms with E-state index < -0.39 is 0 Å². The van der Waals surface area contributed by atoms with Crippen LogP contribution >= 0.6 is 12.6 Å². The van der Waals surface area contributed by atoms with Crippen molar-refractivity contribution in [2.24, 2.45) is 11.3 Å². The van der Waals surface area contributed by atoms with Gasteiger partial charge in [-0.3, -0.25) is 14.7 Å². The summed E-state index contributed by atoms with van der Waals surface area (Å²) in [5.74, 6) is 0.852. The molecule has 0 saturated heterocycles. The number of aromatic amines is 1. The minimum absolute atomic E-state index is 0.0176. The quantitative estimate of drug-likeness (QED) is 0.853. The number of rotatable bonds is 3. The summed E-state index contributed by atoms with van der Waals surface area (Å²) >= 11 is 4.37. The van der Waals surface area contributed by atoms with Crippen LogP contribution in [0.5, 0.6) is 0 Å². The molecule has 20 heavy (non-hydrogen) atoms. The molecule has 0 aliphatic rings. The highest BCUT2D eigenvalue weighted by atomic mass is 32.1. The molecular formula is C15H20N2O2S. The van der Waals surface area contributed by atoms with Crippen LogP contribution in [-0.4, -0.2) is 15.5 Å². The number of hydrogen-bond donors (Lipinski definition) is 2. The predicted octanol–water partition coefficient (Wildman–Crippen LogP) is 2.28. The summed E-state index contributed by atoms with van der Waals surface area (Å²) in [6.07, 6.45) is 0. The fourth-order valence-corrected chi connectivity index (χ4v) is 2.86. The molecule has 1 aromatic heterocycles. The molecular weight excluding hydrogens is 272 g/mol. The van der Waals surface area contributed by atoms with Crippen LogP contribution < -0.4 is 11.1 Å². The van der Waals surface area contributed by atoms with Gasteiger partial charge in [-0.2, -0.15) is 12.6 Å². The van der Waals surface area contributed by atoms with Crippen molar-refractivity contribution in [2.45, 2.75) is 27.3 Å². The Labute approximate surface area is 123 Å². The van der Waals surface area contributed by atoms with Crippen LogP contribution in [-0.2, 0) is 6.54 Å². The van der Waals surface area contributed by atoms with Gasteiger partial charge in [-0.25, -0.2) is 4.68 Å². The number of thiol groups is 1. The maximum atomic E-state index is 12.4. The van der Waals surface area contributed by atoms with Gasteiger partial charge in [0.2, 0.25) is 0 Å². The van der Waals surface area contributed by atoms with Gasteiger partial charge in [-0.15, -0.1) is 0 Å². The molecule has 0 fully saturated rings. The molecule has 2 rings (SSSR count). The summed E-state index contributed by atoms with van der Waals surface area (Å²) in [5, 5.41) is 3.57. The Bertz CT molecular complexity index is 725. The fourth-order valence-electron chi connectivity index (χ4n) is 2.20. The molecule has 0 aliphatic carbocycles. The third-order valence-electron chi connectivity index (χ3n) is 3.73. The lowest BCUT2D eigenvalue weighted by Gasteiger charge is -2.29. The highest BCUT2D eigenvalue weighted by Gasteiger charge is 2.24. The van der Waals surface area contributed by atoms with E-state index in [-0.39, 0.29) is 22.5 Å². The van der Waals surface area contributed by atoms with Crippen LogP contribution in [0, 0.1) is 11.3 Å². The van der Waals surface area contributed by atoms with Gasteiger partial charge in [0.1, 0.15) is 0 Å². The van der Waals surface area contributed by atoms with Crippen molar-refractivity contribution in [1.29, 1.82) is 0 Å². The second kappa shape index (κ2) is 5.48. The lowest BCUT2D eigenvalue weighted by molar-refractivity contribution is 0.227. The summed E-state index contributed by atoms with van der Waals surface area (Å²) in [5.41, 5.74) is -0.368. The van der Waals surface area contributed by atoms with E-state index in [1.54, 1.807) is 24.3 Å². The van der Waals surface area contributed by atoms with Crippen LogP contribution in [0.25, 0.3) is 10.8 Å². The van der Waals surface area contributed by atoms with Crippen molar-refractivity contribution < 1.29 is 0 Å². The molecule has 5 heteroatoms. The Balaban J connectivity index is 2.54. The topological polar surface area (TPSA) is 54.9 Å². The van der Waals surface area contributed by atoms with Gasteiger partial charge in [0.05, 0.1) is 10.8 Å². The number of nitrogens with one attached hydrogen (secondary N) is 1. The zero-order chi connectivity index (χ0) is 14.9. The Morgan fingerprint density at radius 1 is 1.20 bits per heavy atom. The molecule has 4 nitrogen and oxygen atoms in total. The largest absolute Gasteiger partial charge is 0.273 e. The van der Waals surface area contributed by atoms with E-state index in [1.807, 2.05) is 0 Å². The van der Waals surface area contributed by atoms with Gasteiger partial charge in [-0.05, 0) is 29.2 Å². The number of benzene rings is 1. The summed E-state index contributed by atoms with van der Waals surface area (Å²) in [6.45, 7) is 6.79. The van der Waals surface area contributed by atoms with Gasteiger partial charge in [0, 0.05) is 6.54 Å². The van der Waals surface area contributed by atoms with Crippen molar-refractivity contribution in [1.82, 2.24) is 9.78 Å². The highest BCUT2D eigenvalue weighted by Crippen LogP contribution is 2.27. The Morgan fingerprint density at radius 2 is 1.80 bits per heavy atom. The Kier molecular flexibility index (Phi) is 4.09. The summed E-state index contributed by atoms with van der Waals surface area (Å²) < 4.78 is 1.41. The summed E-state index contributed by atoms with van der Waals surface area (Å²) in [4.78, 5) is 24.5. The van der Waals surface area contributed by atoms with Crippen molar-refractivity contribution in [3.05, 3.63) is 45.0 Å². The number of H-pyrrole nitrogens is 1. The number of fused-ring (bicyclic) bond motifs is 1. The maximum Gasteiger partial charge on any atom is 0.273 e. The van der Waals surface area contributed by atoms with Crippen molar-refractivity contribution in [3.63, 3.8) is 0 Å². The van der Waals surface area contributed by atoms with E-state index in [0.717, 1.165) is 0 Å². The normalized spacial score (nSPS) is 13.6. The van der Waals surface area contributed by atoms with Crippen LogP contribution in [0.4, 0.5) is 0 Å². The molecule has 1 unspecified atom stereocenters. The molecule has 0 spiro atoms. The number of hydrogen-bond acceptors (Lipinski definition) is 3. The highest BCUT2D eigenvalue weighted by molar-refractivity contribution is 7.80. The van der Waals surface area contributed by atoms with E-state index in [1.165, 1.54) is 4.68 Å². The first kappa shape index (κ1) is 14.9.